The second kappa shape index (κ2) is 3.11. The first kappa shape index (κ1) is 9.01. The molecule has 1 heterocycles. The monoisotopic (exact) mass is 156 g/mol. The van der Waals surface area contributed by atoms with E-state index < -0.39 is 0 Å². The van der Waals surface area contributed by atoms with Gasteiger partial charge >= 0.3 is 0 Å². The molecular weight excluding hydrogens is 136 g/mol. The third-order valence-electron chi connectivity index (χ3n) is 2.51. The van der Waals surface area contributed by atoms with Gasteiger partial charge in [0, 0.05) is 18.1 Å². The molecule has 1 atom stereocenters. The SMILES string of the molecule is CC(C)(C)N1CCC1CCN. The van der Waals surface area contributed by atoms with Crippen LogP contribution in [0.1, 0.15) is 33.6 Å². The number of nitrogens with two attached hydrogens (primary N) is 1. The van der Waals surface area contributed by atoms with Crippen molar-refractivity contribution in [3.8, 4) is 0 Å². The molecule has 66 valence electrons. The van der Waals surface area contributed by atoms with E-state index >= 15 is 0 Å². The highest BCUT2D eigenvalue weighted by Gasteiger charge is 2.34. The van der Waals surface area contributed by atoms with E-state index in [0.29, 0.717) is 5.54 Å². The summed E-state index contributed by atoms with van der Waals surface area (Å²) < 4.78 is 0. The fourth-order valence-corrected chi connectivity index (χ4v) is 1.82. The predicted molar refractivity (Wildman–Crippen MR) is 48.5 cm³/mol. The van der Waals surface area contributed by atoms with E-state index in [9.17, 15) is 0 Å². The molecule has 2 N–H and O–H groups in total. The van der Waals surface area contributed by atoms with Crippen LogP contribution in [-0.4, -0.2) is 29.6 Å². The van der Waals surface area contributed by atoms with Gasteiger partial charge in [-0.2, -0.15) is 0 Å². The lowest BCUT2D eigenvalue weighted by Gasteiger charge is -2.49. The molecule has 1 rings (SSSR count). The van der Waals surface area contributed by atoms with Gasteiger partial charge in [0.05, 0.1) is 0 Å². The molecule has 2 heteroatoms. The van der Waals surface area contributed by atoms with Crippen molar-refractivity contribution in [2.24, 2.45) is 5.73 Å². The highest BCUT2D eigenvalue weighted by molar-refractivity contribution is 4.91. The summed E-state index contributed by atoms with van der Waals surface area (Å²) >= 11 is 0. The van der Waals surface area contributed by atoms with E-state index in [0.717, 1.165) is 19.0 Å². The number of hydrogen-bond donors (Lipinski definition) is 1. The molecule has 1 aliphatic rings. The van der Waals surface area contributed by atoms with Crippen molar-refractivity contribution in [2.45, 2.75) is 45.2 Å². The highest BCUT2D eigenvalue weighted by atomic mass is 15.3. The summed E-state index contributed by atoms with van der Waals surface area (Å²) in [6, 6.07) is 0.764. The lowest BCUT2D eigenvalue weighted by molar-refractivity contribution is -0.00105. The highest BCUT2D eigenvalue weighted by Crippen LogP contribution is 2.28. The van der Waals surface area contributed by atoms with Crippen LogP contribution < -0.4 is 5.73 Å². The van der Waals surface area contributed by atoms with Crippen LogP contribution in [0.2, 0.25) is 0 Å². The molecular formula is C9H20N2. The van der Waals surface area contributed by atoms with E-state index in [-0.39, 0.29) is 0 Å². The van der Waals surface area contributed by atoms with E-state index in [1.165, 1.54) is 13.0 Å². The maximum absolute atomic E-state index is 5.52. The summed E-state index contributed by atoms with van der Waals surface area (Å²) in [7, 11) is 0. The molecule has 1 saturated heterocycles. The Morgan fingerprint density at radius 3 is 2.36 bits per heavy atom. The molecule has 0 aromatic rings. The molecule has 0 aliphatic carbocycles. The Morgan fingerprint density at radius 2 is 2.09 bits per heavy atom. The standard InChI is InChI=1S/C9H20N2/c1-9(2,3)11-7-5-8(11)4-6-10/h8H,4-7,10H2,1-3H3. The Hall–Kier alpha value is -0.0800. The van der Waals surface area contributed by atoms with Gasteiger partial charge in [0.2, 0.25) is 0 Å². The van der Waals surface area contributed by atoms with Gasteiger partial charge in [-0.1, -0.05) is 0 Å². The van der Waals surface area contributed by atoms with Crippen LogP contribution in [0.3, 0.4) is 0 Å². The molecule has 0 aromatic carbocycles. The molecule has 0 bridgehead atoms. The van der Waals surface area contributed by atoms with Crippen LogP contribution in [0.4, 0.5) is 0 Å². The quantitative estimate of drug-likeness (QED) is 0.651. The Morgan fingerprint density at radius 1 is 1.45 bits per heavy atom. The van der Waals surface area contributed by atoms with Crippen molar-refractivity contribution in [2.75, 3.05) is 13.1 Å². The van der Waals surface area contributed by atoms with Gasteiger partial charge in [-0.15, -0.1) is 0 Å². The van der Waals surface area contributed by atoms with Crippen LogP contribution in [0.25, 0.3) is 0 Å². The van der Waals surface area contributed by atoms with E-state index in [1.807, 2.05) is 0 Å². The topological polar surface area (TPSA) is 29.3 Å². The molecule has 0 spiro atoms. The summed E-state index contributed by atoms with van der Waals surface area (Å²) in [6.07, 6.45) is 2.51. The average Bonchev–Trinajstić information content (AvgIpc) is 1.75. The zero-order chi connectivity index (χ0) is 8.48. The van der Waals surface area contributed by atoms with Crippen molar-refractivity contribution in [3.63, 3.8) is 0 Å². The van der Waals surface area contributed by atoms with Gasteiger partial charge in [-0.25, -0.2) is 0 Å². The summed E-state index contributed by atoms with van der Waals surface area (Å²) in [5.41, 5.74) is 5.86. The van der Waals surface area contributed by atoms with E-state index in [4.69, 9.17) is 5.73 Å². The normalized spacial score (nSPS) is 26.7. The van der Waals surface area contributed by atoms with Crippen molar-refractivity contribution in [3.05, 3.63) is 0 Å². The number of rotatable bonds is 2. The van der Waals surface area contributed by atoms with Crippen molar-refractivity contribution >= 4 is 0 Å². The first-order valence-corrected chi connectivity index (χ1v) is 4.52. The number of nitrogens with zero attached hydrogens (tertiary/aromatic N) is 1. The summed E-state index contributed by atoms with van der Waals surface area (Å²) in [5.74, 6) is 0. The van der Waals surface area contributed by atoms with Crippen molar-refractivity contribution in [1.29, 1.82) is 0 Å². The Bertz CT molecular complexity index is 126. The first-order chi connectivity index (χ1) is 5.05. The summed E-state index contributed by atoms with van der Waals surface area (Å²) in [5, 5.41) is 0. The fraction of sp³-hybridized carbons (Fsp3) is 1.00. The van der Waals surface area contributed by atoms with Crippen molar-refractivity contribution < 1.29 is 0 Å². The maximum atomic E-state index is 5.52. The molecule has 0 radical (unpaired) electrons. The third kappa shape index (κ3) is 1.94. The van der Waals surface area contributed by atoms with Gasteiger partial charge in [0.25, 0.3) is 0 Å². The third-order valence-corrected chi connectivity index (χ3v) is 2.51. The summed E-state index contributed by atoms with van der Waals surface area (Å²) in [6.45, 7) is 8.91. The minimum absolute atomic E-state index is 0.345. The van der Waals surface area contributed by atoms with Crippen LogP contribution in [-0.2, 0) is 0 Å². The van der Waals surface area contributed by atoms with Gasteiger partial charge in [0.1, 0.15) is 0 Å². The molecule has 1 fully saturated rings. The zero-order valence-electron chi connectivity index (χ0n) is 7.93. The smallest absolute Gasteiger partial charge is 0.0128 e. The number of hydrogen-bond acceptors (Lipinski definition) is 2. The van der Waals surface area contributed by atoms with Crippen LogP contribution >= 0.6 is 0 Å². The Kier molecular flexibility index (Phi) is 2.55. The molecule has 11 heavy (non-hydrogen) atoms. The lowest BCUT2D eigenvalue weighted by atomic mass is 9.91. The fourth-order valence-electron chi connectivity index (χ4n) is 1.82. The van der Waals surface area contributed by atoms with E-state index in [1.54, 1.807) is 0 Å². The van der Waals surface area contributed by atoms with Gasteiger partial charge in [-0.3, -0.25) is 4.90 Å². The minimum Gasteiger partial charge on any atom is -0.330 e. The summed E-state index contributed by atoms with van der Waals surface area (Å²) in [4.78, 5) is 2.54. The zero-order valence-corrected chi connectivity index (χ0v) is 7.93. The Labute approximate surface area is 69.8 Å². The second-order valence-electron chi connectivity index (χ2n) is 4.38. The predicted octanol–water partition coefficient (Wildman–Crippen LogP) is 1.21. The van der Waals surface area contributed by atoms with Gasteiger partial charge in [0.15, 0.2) is 0 Å². The maximum Gasteiger partial charge on any atom is 0.0128 e. The molecule has 0 amide bonds. The van der Waals surface area contributed by atoms with Crippen LogP contribution in [0.5, 0.6) is 0 Å². The molecule has 1 aliphatic heterocycles. The molecule has 0 saturated carbocycles. The number of likely N-dealkylation sites (tertiary alicyclic amines) is 1. The largest absolute Gasteiger partial charge is 0.330 e. The van der Waals surface area contributed by atoms with Crippen LogP contribution in [0, 0.1) is 0 Å². The lowest BCUT2D eigenvalue weighted by Crippen LogP contribution is -2.57. The Balaban J connectivity index is 2.37. The van der Waals surface area contributed by atoms with Gasteiger partial charge < -0.3 is 5.73 Å². The molecule has 0 aromatic heterocycles. The van der Waals surface area contributed by atoms with E-state index in [2.05, 4.69) is 25.7 Å². The second-order valence-corrected chi connectivity index (χ2v) is 4.38. The minimum atomic E-state index is 0.345. The van der Waals surface area contributed by atoms with Gasteiger partial charge in [-0.05, 0) is 40.2 Å². The first-order valence-electron chi connectivity index (χ1n) is 4.52. The average molecular weight is 156 g/mol. The molecule has 1 unspecified atom stereocenters. The van der Waals surface area contributed by atoms with Crippen LogP contribution in [0.15, 0.2) is 0 Å². The molecule has 2 nitrogen and oxygen atoms in total. The van der Waals surface area contributed by atoms with Crippen molar-refractivity contribution in [1.82, 2.24) is 4.90 Å².